The number of rotatable bonds is 7. The number of ether oxygens (including phenoxy) is 3. The predicted molar refractivity (Wildman–Crippen MR) is 104 cm³/mol. The lowest BCUT2D eigenvalue weighted by atomic mass is 9.91. The first kappa shape index (κ1) is 21.3. The van der Waals surface area contributed by atoms with Crippen LogP contribution in [-0.4, -0.2) is 57.1 Å². The maximum absolute atomic E-state index is 13.6. The van der Waals surface area contributed by atoms with Gasteiger partial charge in [0.1, 0.15) is 6.17 Å². The molecule has 1 aliphatic heterocycles. The molecule has 0 radical (unpaired) electrons. The molecule has 1 aromatic carbocycles. The first-order valence-corrected chi connectivity index (χ1v) is 9.42. The molecule has 4 nitrogen and oxygen atoms in total. The Bertz CT molecular complexity index is 560. The van der Waals surface area contributed by atoms with Gasteiger partial charge in [-0.15, -0.1) is 12.4 Å². The first-order chi connectivity index (χ1) is 12.2. The van der Waals surface area contributed by atoms with Gasteiger partial charge in [-0.05, 0) is 43.4 Å². The van der Waals surface area contributed by atoms with E-state index < -0.39 is 6.17 Å². The average Bonchev–Trinajstić information content (AvgIpc) is 3.08. The van der Waals surface area contributed by atoms with E-state index in [1.807, 2.05) is 12.1 Å². The monoisotopic (exact) mass is 387 g/mol. The van der Waals surface area contributed by atoms with E-state index in [1.54, 1.807) is 14.2 Å². The number of likely N-dealkylation sites (tertiary alicyclic amines) is 1. The van der Waals surface area contributed by atoms with E-state index in [2.05, 4.69) is 11.0 Å². The van der Waals surface area contributed by atoms with Crippen molar-refractivity contribution in [1.29, 1.82) is 0 Å². The normalized spacial score (nSPS) is 26.3. The molecule has 3 atom stereocenters. The molecule has 1 saturated heterocycles. The van der Waals surface area contributed by atoms with Crippen molar-refractivity contribution < 1.29 is 18.6 Å². The minimum absolute atomic E-state index is 0. The van der Waals surface area contributed by atoms with Crippen molar-refractivity contribution in [2.75, 3.05) is 33.9 Å². The minimum Gasteiger partial charge on any atom is -0.493 e. The summed E-state index contributed by atoms with van der Waals surface area (Å²) in [7, 11) is 3.29. The fraction of sp³-hybridized carbons (Fsp3) is 0.700. The summed E-state index contributed by atoms with van der Waals surface area (Å²) in [6.45, 7) is 2.14. The van der Waals surface area contributed by atoms with Crippen LogP contribution in [0.2, 0.25) is 0 Å². The lowest BCUT2D eigenvalue weighted by Crippen LogP contribution is -2.46. The lowest BCUT2D eigenvalue weighted by Gasteiger charge is -2.37. The number of hydrogen-bond donors (Lipinski definition) is 0. The molecule has 0 amide bonds. The third-order valence-electron chi connectivity index (χ3n) is 5.47. The second-order valence-corrected chi connectivity index (χ2v) is 7.08. The summed E-state index contributed by atoms with van der Waals surface area (Å²) in [5, 5.41) is 0. The van der Waals surface area contributed by atoms with Crippen LogP contribution >= 0.6 is 12.4 Å². The topological polar surface area (TPSA) is 30.9 Å². The third-order valence-corrected chi connectivity index (χ3v) is 5.47. The Morgan fingerprint density at radius 2 is 1.85 bits per heavy atom. The Morgan fingerprint density at radius 3 is 2.54 bits per heavy atom. The number of methoxy groups -OCH3 is 2. The highest BCUT2D eigenvalue weighted by atomic mass is 35.5. The van der Waals surface area contributed by atoms with E-state index in [-0.39, 0.29) is 18.5 Å². The minimum atomic E-state index is -0.658. The van der Waals surface area contributed by atoms with Crippen LogP contribution in [0.15, 0.2) is 18.2 Å². The molecule has 148 valence electrons. The molecule has 0 N–H and O–H groups in total. The SMILES string of the molecule is COc1ccc(CCO[C@H]2CCCC[C@@H]2N2CC[C@H](F)C2)cc1OC.Cl. The molecule has 0 bridgehead atoms. The summed E-state index contributed by atoms with van der Waals surface area (Å²) in [4.78, 5) is 2.31. The fourth-order valence-corrected chi connectivity index (χ4v) is 4.10. The molecule has 2 fully saturated rings. The maximum Gasteiger partial charge on any atom is 0.160 e. The summed E-state index contributed by atoms with van der Waals surface area (Å²) in [5.74, 6) is 1.50. The average molecular weight is 388 g/mol. The summed E-state index contributed by atoms with van der Waals surface area (Å²) >= 11 is 0. The molecule has 1 saturated carbocycles. The Balaban J connectivity index is 0.00000243. The van der Waals surface area contributed by atoms with Crippen LogP contribution in [-0.2, 0) is 11.2 Å². The quantitative estimate of drug-likeness (QED) is 0.706. The van der Waals surface area contributed by atoms with Gasteiger partial charge in [0.05, 0.1) is 26.9 Å². The molecule has 1 aromatic rings. The zero-order chi connectivity index (χ0) is 17.6. The fourth-order valence-electron chi connectivity index (χ4n) is 4.10. The van der Waals surface area contributed by atoms with Gasteiger partial charge in [0.25, 0.3) is 0 Å². The van der Waals surface area contributed by atoms with Crippen molar-refractivity contribution in [3.05, 3.63) is 23.8 Å². The molecule has 1 aliphatic carbocycles. The molecule has 1 heterocycles. The highest BCUT2D eigenvalue weighted by molar-refractivity contribution is 5.85. The van der Waals surface area contributed by atoms with Crippen LogP contribution in [0.1, 0.15) is 37.7 Å². The molecule has 2 aliphatic rings. The van der Waals surface area contributed by atoms with Gasteiger partial charge in [0, 0.05) is 19.1 Å². The van der Waals surface area contributed by atoms with Gasteiger partial charge >= 0.3 is 0 Å². The van der Waals surface area contributed by atoms with Crippen molar-refractivity contribution >= 4 is 12.4 Å². The van der Waals surface area contributed by atoms with Gasteiger partial charge in [-0.1, -0.05) is 18.9 Å². The number of hydrogen-bond acceptors (Lipinski definition) is 4. The Labute approximate surface area is 162 Å². The zero-order valence-electron chi connectivity index (χ0n) is 15.8. The van der Waals surface area contributed by atoms with Gasteiger partial charge in [-0.25, -0.2) is 4.39 Å². The summed E-state index contributed by atoms with van der Waals surface area (Å²) < 4.78 is 30.4. The molecule has 0 spiro atoms. The van der Waals surface area contributed by atoms with Gasteiger partial charge in [-0.3, -0.25) is 4.90 Å². The Kier molecular flexibility index (Phi) is 8.45. The van der Waals surface area contributed by atoms with E-state index in [4.69, 9.17) is 14.2 Å². The molecule has 0 aromatic heterocycles. The number of alkyl halides is 1. The Morgan fingerprint density at radius 1 is 1.08 bits per heavy atom. The third kappa shape index (κ3) is 5.24. The molecule has 3 rings (SSSR count). The number of nitrogens with zero attached hydrogens (tertiary/aromatic N) is 1. The van der Waals surface area contributed by atoms with Crippen LogP contribution < -0.4 is 9.47 Å². The smallest absolute Gasteiger partial charge is 0.160 e. The second kappa shape index (κ2) is 10.3. The van der Waals surface area contributed by atoms with Gasteiger partial charge in [0.15, 0.2) is 11.5 Å². The van der Waals surface area contributed by atoms with E-state index in [0.29, 0.717) is 25.6 Å². The molecular formula is C20H31ClFNO3. The summed E-state index contributed by atoms with van der Waals surface area (Å²) in [6.07, 6.45) is 5.76. The standard InChI is InChI=1S/C20H30FNO3.ClH/c1-23-19-8-7-15(13-20(19)24-2)10-12-25-18-6-4-3-5-17(18)22-11-9-16(21)14-22;/h7-8,13,16-18H,3-6,9-12,14H2,1-2H3;1H/t16-,17-,18-;/m0./s1. The van der Waals surface area contributed by atoms with Crippen molar-refractivity contribution in [3.8, 4) is 11.5 Å². The van der Waals surface area contributed by atoms with E-state index in [1.165, 1.54) is 18.4 Å². The number of benzene rings is 1. The van der Waals surface area contributed by atoms with Crippen LogP contribution in [0.25, 0.3) is 0 Å². The van der Waals surface area contributed by atoms with E-state index >= 15 is 0 Å². The zero-order valence-corrected chi connectivity index (χ0v) is 16.6. The summed E-state index contributed by atoms with van der Waals surface area (Å²) in [6, 6.07) is 6.38. The van der Waals surface area contributed by atoms with Crippen molar-refractivity contribution in [2.45, 2.75) is 56.8 Å². The van der Waals surface area contributed by atoms with Crippen LogP contribution in [0.4, 0.5) is 4.39 Å². The van der Waals surface area contributed by atoms with Crippen LogP contribution in [0.3, 0.4) is 0 Å². The first-order valence-electron chi connectivity index (χ1n) is 9.42. The summed E-state index contributed by atoms with van der Waals surface area (Å²) in [5.41, 5.74) is 1.18. The lowest BCUT2D eigenvalue weighted by molar-refractivity contribution is -0.0303. The maximum atomic E-state index is 13.6. The highest BCUT2D eigenvalue weighted by Crippen LogP contribution is 2.30. The predicted octanol–water partition coefficient (Wildman–Crippen LogP) is 4.04. The molecule has 0 unspecified atom stereocenters. The van der Waals surface area contributed by atoms with Gasteiger partial charge in [0.2, 0.25) is 0 Å². The van der Waals surface area contributed by atoms with Gasteiger partial charge < -0.3 is 14.2 Å². The molecule has 6 heteroatoms. The van der Waals surface area contributed by atoms with Crippen LogP contribution in [0, 0.1) is 0 Å². The molecule has 26 heavy (non-hydrogen) atoms. The van der Waals surface area contributed by atoms with Gasteiger partial charge in [-0.2, -0.15) is 0 Å². The highest BCUT2D eigenvalue weighted by Gasteiger charge is 2.35. The number of halogens is 2. The van der Waals surface area contributed by atoms with Crippen molar-refractivity contribution in [3.63, 3.8) is 0 Å². The largest absolute Gasteiger partial charge is 0.493 e. The van der Waals surface area contributed by atoms with Crippen molar-refractivity contribution in [2.24, 2.45) is 0 Å². The van der Waals surface area contributed by atoms with Crippen LogP contribution in [0.5, 0.6) is 11.5 Å². The van der Waals surface area contributed by atoms with E-state index in [9.17, 15) is 4.39 Å². The molecular weight excluding hydrogens is 357 g/mol. The second-order valence-electron chi connectivity index (χ2n) is 7.08. The van der Waals surface area contributed by atoms with E-state index in [0.717, 1.165) is 37.3 Å². The van der Waals surface area contributed by atoms with Crippen molar-refractivity contribution in [1.82, 2.24) is 4.90 Å². The Hall–Kier alpha value is -1.04.